The third kappa shape index (κ3) is 7.32. The van der Waals surface area contributed by atoms with Crippen LogP contribution in [0.3, 0.4) is 0 Å². The first-order valence-electron chi connectivity index (χ1n) is 11.5. The predicted octanol–water partition coefficient (Wildman–Crippen LogP) is 3.71. The summed E-state index contributed by atoms with van der Waals surface area (Å²) in [4.78, 5) is 28.1. The molecule has 2 rings (SSSR count). The molecule has 1 atom stereocenters. The molecule has 2 aromatic rings. The number of hydrogen-bond acceptors (Lipinski definition) is 4. The Bertz CT molecular complexity index is 1110. The predicted molar refractivity (Wildman–Crippen MR) is 137 cm³/mol. The molecular formula is C26H37N3O4S. The Morgan fingerprint density at radius 3 is 2.06 bits per heavy atom. The van der Waals surface area contributed by atoms with Gasteiger partial charge in [0.15, 0.2) is 0 Å². The van der Waals surface area contributed by atoms with Gasteiger partial charge in [0.2, 0.25) is 21.8 Å². The number of rotatable bonds is 10. The summed E-state index contributed by atoms with van der Waals surface area (Å²) < 4.78 is 26.6. The van der Waals surface area contributed by atoms with Crippen molar-refractivity contribution in [2.24, 2.45) is 0 Å². The zero-order valence-electron chi connectivity index (χ0n) is 21.3. The molecule has 0 radical (unpaired) electrons. The molecule has 34 heavy (non-hydrogen) atoms. The topological polar surface area (TPSA) is 86.8 Å². The van der Waals surface area contributed by atoms with Gasteiger partial charge in [0, 0.05) is 12.6 Å². The average molecular weight is 488 g/mol. The van der Waals surface area contributed by atoms with E-state index in [0.717, 1.165) is 32.8 Å². The lowest BCUT2D eigenvalue weighted by atomic mass is 10.1. The van der Waals surface area contributed by atoms with Crippen molar-refractivity contribution in [2.75, 3.05) is 17.1 Å². The van der Waals surface area contributed by atoms with Crippen LogP contribution in [-0.2, 0) is 26.2 Å². The molecule has 0 saturated heterocycles. The van der Waals surface area contributed by atoms with E-state index < -0.39 is 22.0 Å². The highest BCUT2D eigenvalue weighted by Crippen LogP contribution is 2.24. The minimum absolute atomic E-state index is 0.0828. The van der Waals surface area contributed by atoms with E-state index in [1.807, 2.05) is 77.9 Å². The number of nitrogens with zero attached hydrogens (tertiary/aromatic N) is 2. The fraction of sp³-hybridized carbons (Fsp3) is 0.462. The second-order valence-electron chi connectivity index (χ2n) is 9.15. The van der Waals surface area contributed by atoms with Crippen LogP contribution in [0.2, 0.25) is 0 Å². The van der Waals surface area contributed by atoms with Crippen molar-refractivity contribution in [2.45, 2.75) is 66.6 Å². The molecule has 0 unspecified atom stereocenters. The maximum Gasteiger partial charge on any atom is 0.244 e. The first-order chi connectivity index (χ1) is 15.8. The molecule has 0 fully saturated rings. The standard InChI is InChI=1S/C26H37N3O4S/c1-8-23(26(31)27-18(2)3)28(16-22-12-9-19(4)10-13-22)25(30)17-29(34(7,32)33)24-14-11-20(5)15-21(24)6/h9-15,18,23H,8,16-17H2,1-7H3,(H,27,31)/t23-/m1/s1. The third-order valence-corrected chi connectivity index (χ3v) is 6.72. The summed E-state index contributed by atoms with van der Waals surface area (Å²) in [5, 5.41) is 2.89. The summed E-state index contributed by atoms with van der Waals surface area (Å²) >= 11 is 0. The van der Waals surface area contributed by atoms with Gasteiger partial charge in [0.25, 0.3) is 0 Å². The Hall–Kier alpha value is -2.87. The van der Waals surface area contributed by atoms with Gasteiger partial charge in [-0.05, 0) is 58.2 Å². The fourth-order valence-corrected chi connectivity index (χ4v) is 4.78. The summed E-state index contributed by atoms with van der Waals surface area (Å²) in [6.07, 6.45) is 1.49. The minimum atomic E-state index is -3.75. The summed E-state index contributed by atoms with van der Waals surface area (Å²) in [7, 11) is -3.75. The molecule has 7 nitrogen and oxygen atoms in total. The maximum absolute atomic E-state index is 13.7. The van der Waals surface area contributed by atoms with Gasteiger partial charge in [0.05, 0.1) is 11.9 Å². The highest BCUT2D eigenvalue weighted by molar-refractivity contribution is 7.92. The number of benzene rings is 2. The molecule has 0 aliphatic carbocycles. The van der Waals surface area contributed by atoms with Crippen LogP contribution in [-0.4, -0.2) is 50.0 Å². The van der Waals surface area contributed by atoms with Gasteiger partial charge in [-0.3, -0.25) is 13.9 Å². The summed E-state index contributed by atoms with van der Waals surface area (Å²) in [5.41, 5.74) is 4.17. The Labute approximate surface area is 204 Å². The van der Waals surface area contributed by atoms with Crippen molar-refractivity contribution in [3.8, 4) is 0 Å². The number of carbonyl (C=O) groups is 2. The molecule has 2 aromatic carbocycles. The lowest BCUT2D eigenvalue weighted by Crippen LogP contribution is -2.53. The maximum atomic E-state index is 13.7. The van der Waals surface area contributed by atoms with Crippen molar-refractivity contribution in [3.63, 3.8) is 0 Å². The van der Waals surface area contributed by atoms with Crippen LogP contribution in [0.25, 0.3) is 0 Å². The lowest BCUT2D eigenvalue weighted by Gasteiger charge is -2.33. The molecule has 8 heteroatoms. The normalized spacial score (nSPS) is 12.4. The lowest BCUT2D eigenvalue weighted by molar-refractivity contribution is -0.140. The minimum Gasteiger partial charge on any atom is -0.352 e. The highest BCUT2D eigenvalue weighted by atomic mass is 32.2. The number of aryl methyl sites for hydroxylation is 3. The molecule has 0 bridgehead atoms. The van der Waals surface area contributed by atoms with Crippen LogP contribution in [0.1, 0.15) is 49.4 Å². The van der Waals surface area contributed by atoms with Crippen molar-refractivity contribution < 1.29 is 18.0 Å². The molecule has 0 aromatic heterocycles. The Morgan fingerprint density at radius 1 is 0.971 bits per heavy atom. The highest BCUT2D eigenvalue weighted by Gasteiger charge is 2.32. The van der Waals surface area contributed by atoms with E-state index in [1.165, 1.54) is 4.90 Å². The van der Waals surface area contributed by atoms with Crippen molar-refractivity contribution >= 4 is 27.5 Å². The number of hydrogen-bond donors (Lipinski definition) is 1. The zero-order valence-corrected chi connectivity index (χ0v) is 22.1. The van der Waals surface area contributed by atoms with Crippen LogP contribution < -0.4 is 9.62 Å². The summed E-state index contributed by atoms with van der Waals surface area (Å²) in [6, 6.07) is 12.3. The van der Waals surface area contributed by atoms with Crippen LogP contribution in [0.15, 0.2) is 42.5 Å². The molecular weight excluding hydrogens is 450 g/mol. The van der Waals surface area contributed by atoms with Gasteiger partial charge in [-0.2, -0.15) is 0 Å². The monoisotopic (exact) mass is 487 g/mol. The average Bonchev–Trinajstić information content (AvgIpc) is 2.72. The second kappa shape index (κ2) is 11.5. The summed E-state index contributed by atoms with van der Waals surface area (Å²) in [5.74, 6) is -0.688. The van der Waals surface area contributed by atoms with Gasteiger partial charge in [-0.25, -0.2) is 8.42 Å². The number of nitrogens with one attached hydrogen (secondary N) is 1. The quantitative estimate of drug-likeness (QED) is 0.554. The molecule has 0 aliphatic rings. The van der Waals surface area contributed by atoms with Gasteiger partial charge in [0.1, 0.15) is 12.6 Å². The van der Waals surface area contributed by atoms with Crippen LogP contribution >= 0.6 is 0 Å². The number of anilines is 1. The van der Waals surface area contributed by atoms with Crippen molar-refractivity contribution in [1.29, 1.82) is 0 Å². The summed E-state index contributed by atoms with van der Waals surface area (Å²) in [6.45, 7) is 11.1. The Balaban J connectivity index is 2.46. The molecule has 186 valence electrons. The first-order valence-corrected chi connectivity index (χ1v) is 13.4. The molecule has 1 N–H and O–H groups in total. The molecule has 0 aliphatic heterocycles. The van der Waals surface area contributed by atoms with Gasteiger partial charge < -0.3 is 10.2 Å². The van der Waals surface area contributed by atoms with E-state index >= 15 is 0 Å². The number of carbonyl (C=O) groups excluding carboxylic acids is 2. The molecule has 0 heterocycles. The smallest absolute Gasteiger partial charge is 0.244 e. The Kier molecular flexibility index (Phi) is 9.27. The zero-order chi connectivity index (χ0) is 25.6. The van der Waals surface area contributed by atoms with Gasteiger partial charge in [-0.1, -0.05) is 54.4 Å². The second-order valence-corrected chi connectivity index (χ2v) is 11.1. The first kappa shape index (κ1) is 27.4. The van der Waals surface area contributed by atoms with Crippen LogP contribution in [0.5, 0.6) is 0 Å². The third-order valence-electron chi connectivity index (χ3n) is 5.59. The fourth-order valence-electron chi connectivity index (χ4n) is 3.87. The van der Waals surface area contributed by atoms with Crippen LogP contribution in [0.4, 0.5) is 5.69 Å². The Morgan fingerprint density at radius 2 is 1.56 bits per heavy atom. The largest absolute Gasteiger partial charge is 0.352 e. The van der Waals surface area contributed by atoms with E-state index in [2.05, 4.69) is 5.32 Å². The van der Waals surface area contributed by atoms with E-state index in [-0.39, 0.29) is 25.0 Å². The molecule has 0 saturated carbocycles. The molecule has 2 amide bonds. The number of amides is 2. The van der Waals surface area contributed by atoms with Crippen LogP contribution in [0, 0.1) is 20.8 Å². The van der Waals surface area contributed by atoms with E-state index in [4.69, 9.17) is 0 Å². The SMILES string of the molecule is CC[C@H](C(=O)NC(C)C)N(Cc1ccc(C)cc1)C(=O)CN(c1ccc(C)cc1C)S(C)(=O)=O. The van der Waals surface area contributed by atoms with Crippen molar-refractivity contribution in [1.82, 2.24) is 10.2 Å². The molecule has 0 spiro atoms. The van der Waals surface area contributed by atoms with Gasteiger partial charge >= 0.3 is 0 Å². The number of sulfonamides is 1. The van der Waals surface area contributed by atoms with Crippen molar-refractivity contribution in [3.05, 3.63) is 64.7 Å². The van der Waals surface area contributed by atoms with E-state index in [0.29, 0.717) is 12.1 Å². The van der Waals surface area contributed by atoms with E-state index in [9.17, 15) is 18.0 Å². The van der Waals surface area contributed by atoms with E-state index in [1.54, 1.807) is 6.07 Å². The van der Waals surface area contributed by atoms with Gasteiger partial charge in [-0.15, -0.1) is 0 Å².